The fraction of sp³-hybridized carbons (Fsp3) is 1.00. The lowest BCUT2D eigenvalue weighted by molar-refractivity contribution is 0.239. The van der Waals surface area contributed by atoms with Gasteiger partial charge in [0.05, 0.1) is 0 Å². The highest BCUT2D eigenvalue weighted by molar-refractivity contribution is 4.78. The van der Waals surface area contributed by atoms with E-state index in [1.165, 1.54) is 38.5 Å². The molecule has 1 rings (SSSR count). The van der Waals surface area contributed by atoms with Crippen molar-refractivity contribution < 1.29 is 0 Å². The lowest BCUT2D eigenvalue weighted by Crippen LogP contribution is -2.33. The Balaban J connectivity index is 2.29. The Morgan fingerprint density at radius 2 is 2.17 bits per heavy atom. The molecule has 1 nitrogen and oxygen atoms in total. The largest absolute Gasteiger partial charge is 0.327 e. The number of hydrogen-bond donors (Lipinski definition) is 1. The number of nitrogens with two attached hydrogens (primary N) is 1. The van der Waals surface area contributed by atoms with Gasteiger partial charge in [0.1, 0.15) is 0 Å². The van der Waals surface area contributed by atoms with Crippen molar-refractivity contribution in [1.29, 1.82) is 0 Å². The molecule has 72 valence electrons. The third-order valence-electron chi connectivity index (χ3n) is 3.20. The molecular formula is C11H23N. The number of rotatable bonds is 3. The average Bonchev–Trinajstić information content (AvgIpc) is 2.05. The Hall–Kier alpha value is -0.0400. The van der Waals surface area contributed by atoms with Crippen molar-refractivity contribution in [2.45, 2.75) is 58.4 Å². The van der Waals surface area contributed by atoms with E-state index < -0.39 is 0 Å². The van der Waals surface area contributed by atoms with Crippen LogP contribution in [0, 0.1) is 11.8 Å². The first-order valence-electron chi connectivity index (χ1n) is 5.49. The molecule has 0 aromatic carbocycles. The summed E-state index contributed by atoms with van der Waals surface area (Å²) in [6, 6.07) is 0.484. The molecule has 1 heteroatoms. The molecule has 0 aliphatic heterocycles. The monoisotopic (exact) mass is 169 g/mol. The molecule has 0 amide bonds. The van der Waals surface area contributed by atoms with Crippen LogP contribution in [-0.2, 0) is 0 Å². The molecule has 1 aliphatic rings. The minimum absolute atomic E-state index is 0.484. The van der Waals surface area contributed by atoms with Crippen molar-refractivity contribution in [2.75, 3.05) is 0 Å². The van der Waals surface area contributed by atoms with Crippen LogP contribution in [0.3, 0.4) is 0 Å². The second kappa shape index (κ2) is 4.86. The highest BCUT2D eigenvalue weighted by Gasteiger charge is 2.23. The van der Waals surface area contributed by atoms with Gasteiger partial charge in [0.15, 0.2) is 0 Å². The fourth-order valence-corrected chi connectivity index (χ4v) is 2.44. The zero-order valence-electron chi connectivity index (χ0n) is 8.55. The normalized spacial score (nSPS) is 33.2. The van der Waals surface area contributed by atoms with Crippen LogP contribution in [0.2, 0.25) is 0 Å². The first kappa shape index (κ1) is 10.0. The number of hydrogen-bond acceptors (Lipinski definition) is 1. The van der Waals surface area contributed by atoms with E-state index in [1.54, 1.807) is 0 Å². The molecule has 0 spiro atoms. The van der Waals surface area contributed by atoms with E-state index >= 15 is 0 Å². The Morgan fingerprint density at radius 3 is 2.75 bits per heavy atom. The Morgan fingerprint density at radius 1 is 1.42 bits per heavy atom. The Kier molecular flexibility index (Phi) is 4.07. The van der Waals surface area contributed by atoms with E-state index in [0.717, 1.165) is 11.8 Å². The van der Waals surface area contributed by atoms with Crippen LogP contribution in [0.15, 0.2) is 0 Å². The summed E-state index contributed by atoms with van der Waals surface area (Å²) in [5.74, 6) is 1.75. The summed E-state index contributed by atoms with van der Waals surface area (Å²) in [6.07, 6.45) is 8.05. The standard InChI is InChI=1S/C11H23N/c1-3-5-11(12)10-7-4-6-9(2)8-10/h9-11H,3-8,12H2,1-2H3/t9?,10?,11-/m0/s1. The predicted octanol–water partition coefficient (Wildman–Crippen LogP) is 2.94. The van der Waals surface area contributed by atoms with Crippen molar-refractivity contribution in [2.24, 2.45) is 17.6 Å². The van der Waals surface area contributed by atoms with Gasteiger partial charge in [-0.3, -0.25) is 0 Å². The van der Waals surface area contributed by atoms with Crippen LogP contribution >= 0.6 is 0 Å². The Labute approximate surface area is 76.7 Å². The zero-order chi connectivity index (χ0) is 8.97. The highest BCUT2D eigenvalue weighted by atomic mass is 14.6. The van der Waals surface area contributed by atoms with Gasteiger partial charge in [0.25, 0.3) is 0 Å². The van der Waals surface area contributed by atoms with E-state index in [4.69, 9.17) is 5.73 Å². The van der Waals surface area contributed by atoms with Crippen LogP contribution in [0.1, 0.15) is 52.4 Å². The molecule has 0 aromatic rings. The van der Waals surface area contributed by atoms with Gasteiger partial charge in [-0.05, 0) is 31.1 Å². The Bertz CT molecular complexity index is 122. The molecule has 2 N–H and O–H groups in total. The van der Waals surface area contributed by atoms with Crippen molar-refractivity contribution in [3.63, 3.8) is 0 Å². The van der Waals surface area contributed by atoms with Crippen LogP contribution in [0.5, 0.6) is 0 Å². The van der Waals surface area contributed by atoms with E-state index in [9.17, 15) is 0 Å². The van der Waals surface area contributed by atoms with Gasteiger partial charge < -0.3 is 5.73 Å². The predicted molar refractivity (Wildman–Crippen MR) is 54.0 cm³/mol. The van der Waals surface area contributed by atoms with Crippen LogP contribution in [-0.4, -0.2) is 6.04 Å². The maximum atomic E-state index is 6.12. The summed E-state index contributed by atoms with van der Waals surface area (Å²) in [5, 5.41) is 0. The summed E-state index contributed by atoms with van der Waals surface area (Å²) < 4.78 is 0. The van der Waals surface area contributed by atoms with Gasteiger partial charge in [0.2, 0.25) is 0 Å². The van der Waals surface area contributed by atoms with Crippen LogP contribution in [0.25, 0.3) is 0 Å². The third-order valence-corrected chi connectivity index (χ3v) is 3.20. The van der Waals surface area contributed by atoms with E-state index in [2.05, 4.69) is 13.8 Å². The zero-order valence-corrected chi connectivity index (χ0v) is 8.55. The quantitative estimate of drug-likeness (QED) is 0.690. The van der Waals surface area contributed by atoms with Gasteiger partial charge in [-0.15, -0.1) is 0 Å². The van der Waals surface area contributed by atoms with Gasteiger partial charge in [-0.1, -0.05) is 33.1 Å². The van der Waals surface area contributed by atoms with Crippen LogP contribution < -0.4 is 5.73 Å². The lowest BCUT2D eigenvalue weighted by atomic mass is 9.78. The maximum Gasteiger partial charge on any atom is 0.00671 e. The molecule has 0 radical (unpaired) electrons. The van der Waals surface area contributed by atoms with Gasteiger partial charge in [-0.25, -0.2) is 0 Å². The smallest absolute Gasteiger partial charge is 0.00671 e. The summed E-state index contributed by atoms with van der Waals surface area (Å²) in [7, 11) is 0. The molecular weight excluding hydrogens is 146 g/mol. The van der Waals surface area contributed by atoms with Crippen molar-refractivity contribution in [3.05, 3.63) is 0 Å². The topological polar surface area (TPSA) is 26.0 Å². The molecule has 0 bridgehead atoms. The molecule has 3 atom stereocenters. The van der Waals surface area contributed by atoms with E-state index in [1.807, 2.05) is 0 Å². The molecule has 2 unspecified atom stereocenters. The molecule has 12 heavy (non-hydrogen) atoms. The molecule has 0 heterocycles. The maximum absolute atomic E-state index is 6.12. The lowest BCUT2D eigenvalue weighted by Gasteiger charge is -2.31. The average molecular weight is 169 g/mol. The molecule has 1 aliphatic carbocycles. The van der Waals surface area contributed by atoms with Gasteiger partial charge in [0, 0.05) is 6.04 Å². The van der Waals surface area contributed by atoms with Crippen molar-refractivity contribution in [3.8, 4) is 0 Å². The van der Waals surface area contributed by atoms with E-state index in [-0.39, 0.29) is 0 Å². The second-order valence-corrected chi connectivity index (χ2v) is 4.48. The minimum Gasteiger partial charge on any atom is -0.327 e. The van der Waals surface area contributed by atoms with Crippen molar-refractivity contribution in [1.82, 2.24) is 0 Å². The van der Waals surface area contributed by atoms with Gasteiger partial charge in [-0.2, -0.15) is 0 Å². The van der Waals surface area contributed by atoms with Gasteiger partial charge >= 0.3 is 0 Å². The first-order chi connectivity index (χ1) is 5.74. The van der Waals surface area contributed by atoms with E-state index in [0.29, 0.717) is 6.04 Å². The summed E-state index contributed by atoms with van der Waals surface area (Å²) in [5.41, 5.74) is 6.12. The summed E-state index contributed by atoms with van der Waals surface area (Å²) in [6.45, 7) is 4.59. The molecule has 0 saturated heterocycles. The highest BCUT2D eigenvalue weighted by Crippen LogP contribution is 2.31. The minimum atomic E-state index is 0.484. The van der Waals surface area contributed by atoms with Crippen LogP contribution in [0.4, 0.5) is 0 Å². The molecule has 1 fully saturated rings. The summed E-state index contributed by atoms with van der Waals surface area (Å²) in [4.78, 5) is 0. The molecule has 0 aromatic heterocycles. The molecule has 1 saturated carbocycles. The fourth-order valence-electron chi connectivity index (χ4n) is 2.44. The third kappa shape index (κ3) is 2.78. The first-order valence-corrected chi connectivity index (χ1v) is 5.49. The summed E-state index contributed by atoms with van der Waals surface area (Å²) >= 11 is 0. The SMILES string of the molecule is CCC[C@H](N)C1CCCC(C)C1. The van der Waals surface area contributed by atoms with Crippen molar-refractivity contribution >= 4 is 0 Å². The second-order valence-electron chi connectivity index (χ2n) is 4.48.